The standard InChI is InChI=1S/C22H31N5O5/c1-31-13-5-9-26(10-8-18(28)25-11-14-32-15-12-25)19-20(23)27(22(30)24-21(19)29)16-17-6-3-2-4-7-17/h2-4,6-7H,5,8-16,23H2,1H3,(H,24,29,30). The number of methoxy groups -OCH3 is 1. The number of rotatable bonds is 10. The van der Waals surface area contributed by atoms with Gasteiger partial charge in [-0.25, -0.2) is 4.79 Å². The molecule has 3 N–H and O–H groups in total. The topological polar surface area (TPSA) is 123 Å². The second-order valence-corrected chi connectivity index (χ2v) is 7.64. The number of morpholine rings is 1. The van der Waals surface area contributed by atoms with Crippen LogP contribution in [0.3, 0.4) is 0 Å². The van der Waals surface area contributed by atoms with E-state index in [0.717, 1.165) is 5.56 Å². The monoisotopic (exact) mass is 445 g/mol. The second-order valence-electron chi connectivity index (χ2n) is 7.64. The number of benzene rings is 1. The van der Waals surface area contributed by atoms with E-state index in [1.807, 2.05) is 30.3 Å². The number of nitrogens with two attached hydrogens (primary N) is 1. The number of ether oxygens (including phenoxy) is 2. The zero-order chi connectivity index (χ0) is 22.9. The van der Waals surface area contributed by atoms with Gasteiger partial charge in [-0.2, -0.15) is 0 Å². The summed E-state index contributed by atoms with van der Waals surface area (Å²) in [6.07, 6.45) is 0.864. The van der Waals surface area contributed by atoms with Gasteiger partial charge in [0.25, 0.3) is 5.56 Å². The molecule has 2 heterocycles. The number of H-pyrrole nitrogens is 1. The molecule has 0 atom stereocenters. The lowest BCUT2D eigenvalue weighted by Gasteiger charge is -2.29. The van der Waals surface area contributed by atoms with E-state index in [-0.39, 0.29) is 30.4 Å². The maximum atomic E-state index is 12.8. The van der Waals surface area contributed by atoms with Crippen LogP contribution < -0.4 is 21.9 Å². The van der Waals surface area contributed by atoms with Crippen molar-refractivity contribution in [3.05, 3.63) is 56.7 Å². The largest absolute Gasteiger partial charge is 0.385 e. The van der Waals surface area contributed by atoms with E-state index in [0.29, 0.717) is 52.4 Å². The third-order valence-corrected chi connectivity index (χ3v) is 5.45. The Hall–Kier alpha value is -3.11. The lowest BCUT2D eigenvalue weighted by molar-refractivity contribution is -0.135. The molecule has 1 aromatic heterocycles. The Bertz CT molecular complexity index is 998. The summed E-state index contributed by atoms with van der Waals surface area (Å²) in [5.74, 6) is 0.0801. The summed E-state index contributed by atoms with van der Waals surface area (Å²) in [4.78, 5) is 43.8. The highest BCUT2D eigenvalue weighted by Crippen LogP contribution is 2.19. The summed E-state index contributed by atoms with van der Waals surface area (Å²) in [7, 11) is 1.60. The molecule has 10 nitrogen and oxygen atoms in total. The van der Waals surface area contributed by atoms with Crippen molar-refractivity contribution in [3.63, 3.8) is 0 Å². The SMILES string of the molecule is COCCCN(CCC(=O)N1CCOCC1)c1c(N)n(Cc2ccccc2)c(=O)[nH]c1=O. The molecule has 0 aliphatic carbocycles. The molecule has 0 spiro atoms. The van der Waals surface area contributed by atoms with Crippen LogP contribution in [-0.4, -0.2) is 73.5 Å². The highest BCUT2D eigenvalue weighted by molar-refractivity contribution is 5.77. The fourth-order valence-electron chi connectivity index (χ4n) is 3.74. The molecule has 10 heteroatoms. The predicted octanol–water partition coefficient (Wildman–Crippen LogP) is 0.259. The first-order chi connectivity index (χ1) is 15.5. The number of aromatic amines is 1. The average molecular weight is 446 g/mol. The van der Waals surface area contributed by atoms with Crippen LogP contribution in [0.2, 0.25) is 0 Å². The molecule has 1 amide bonds. The maximum Gasteiger partial charge on any atom is 0.330 e. The van der Waals surface area contributed by atoms with Gasteiger partial charge >= 0.3 is 5.69 Å². The average Bonchev–Trinajstić information content (AvgIpc) is 2.81. The number of carbonyl (C=O) groups is 1. The van der Waals surface area contributed by atoms with E-state index in [4.69, 9.17) is 15.2 Å². The fourth-order valence-corrected chi connectivity index (χ4v) is 3.74. The summed E-state index contributed by atoms with van der Waals surface area (Å²) in [5, 5.41) is 0. The van der Waals surface area contributed by atoms with Gasteiger partial charge in [0.05, 0.1) is 19.8 Å². The molecule has 0 saturated carbocycles. The number of nitrogens with one attached hydrogen (secondary N) is 1. The van der Waals surface area contributed by atoms with Crippen LogP contribution in [0.1, 0.15) is 18.4 Å². The molecule has 0 unspecified atom stereocenters. The number of nitrogen functional groups attached to an aromatic ring is 1. The van der Waals surface area contributed by atoms with E-state index < -0.39 is 11.2 Å². The third-order valence-electron chi connectivity index (χ3n) is 5.45. The van der Waals surface area contributed by atoms with Crippen molar-refractivity contribution in [2.45, 2.75) is 19.4 Å². The van der Waals surface area contributed by atoms with Crippen molar-refractivity contribution in [1.29, 1.82) is 0 Å². The van der Waals surface area contributed by atoms with Crippen molar-refractivity contribution in [3.8, 4) is 0 Å². The van der Waals surface area contributed by atoms with Crippen LogP contribution in [0.5, 0.6) is 0 Å². The van der Waals surface area contributed by atoms with E-state index >= 15 is 0 Å². The van der Waals surface area contributed by atoms with Crippen LogP contribution in [0.4, 0.5) is 11.5 Å². The summed E-state index contributed by atoms with van der Waals surface area (Å²) in [5.41, 5.74) is 6.30. The predicted molar refractivity (Wildman–Crippen MR) is 122 cm³/mol. The van der Waals surface area contributed by atoms with Gasteiger partial charge in [-0.05, 0) is 12.0 Å². The van der Waals surface area contributed by atoms with Crippen LogP contribution in [-0.2, 0) is 20.8 Å². The molecule has 1 fully saturated rings. The Balaban J connectivity index is 1.85. The zero-order valence-electron chi connectivity index (χ0n) is 18.4. The number of amides is 1. The quantitative estimate of drug-likeness (QED) is 0.503. The lowest BCUT2D eigenvalue weighted by atomic mass is 10.2. The van der Waals surface area contributed by atoms with Gasteiger partial charge in [0, 0.05) is 46.3 Å². The van der Waals surface area contributed by atoms with Crippen molar-refractivity contribution >= 4 is 17.4 Å². The highest BCUT2D eigenvalue weighted by atomic mass is 16.5. The summed E-state index contributed by atoms with van der Waals surface area (Å²) in [6, 6.07) is 9.40. The highest BCUT2D eigenvalue weighted by Gasteiger charge is 2.22. The second kappa shape index (κ2) is 11.5. The first-order valence-electron chi connectivity index (χ1n) is 10.8. The van der Waals surface area contributed by atoms with E-state index in [9.17, 15) is 14.4 Å². The van der Waals surface area contributed by atoms with Crippen molar-refractivity contribution in [1.82, 2.24) is 14.5 Å². The lowest BCUT2D eigenvalue weighted by Crippen LogP contribution is -2.43. The minimum absolute atomic E-state index is 0.00218. The molecule has 2 aromatic rings. The first kappa shape index (κ1) is 23.6. The molecule has 3 rings (SSSR count). The van der Waals surface area contributed by atoms with Gasteiger partial charge in [-0.3, -0.25) is 19.1 Å². The molecular formula is C22H31N5O5. The van der Waals surface area contributed by atoms with Crippen molar-refractivity contribution in [2.75, 3.05) is 63.7 Å². The van der Waals surface area contributed by atoms with Crippen molar-refractivity contribution in [2.24, 2.45) is 0 Å². The fraction of sp³-hybridized carbons (Fsp3) is 0.500. The number of hydrogen-bond acceptors (Lipinski definition) is 7. The third kappa shape index (κ3) is 5.98. The number of carbonyl (C=O) groups excluding carboxylic acids is 1. The minimum Gasteiger partial charge on any atom is -0.385 e. The Morgan fingerprint density at radius 2 is 1.91 bits per heavy atom. The molecule has 1 aliphatic rings. The number of anilines is 2. The molecule has 32 heavy (non-hydrogen) atoms. The van der Waals surface area contributed by atoms with Crippen molar-refractivity contribution < 1.29 is 14.3 Å². The first-order valence-corrected chi connectivity index (χ1v) is 10.8. The Kier molecular flexibility index (Phi) is 8.46. The Morgan fingerprint density at radius 1 is 1.19 bits per heavy atom. The summed E-state index contributed by atoms with van der Waals surface area (Å²) in [6.45, 7) is 3.67. The van der Waals surface area contributed by atoms with Gasteiger partial charge < -0.3 is 25.0 Å². The molecule has 1 aliphatic heterocycles. The zero-order valence-corrected chi connectivity index (χ0v) is 18.4. The number of aromatic nitrogens is 2. The Labute approximate surface area is 186 Å². The van der Waals surface area contributed by atoms with E-state index in [1.54, 1.807) is 16.9 Å². The van der Waals surface area contributed by atoms with Gasteiger partial charge in [-0.1, -0.05) is 30.3 Å². The van der Waals surface area contributed by atoms with Crippen LogP contribution in [0.15, 0.2) is 39.9 Å². The number of nitrogens with zero attached hydrogens (tertiary/aromatic N) is 3. The smallest absolute Gasteiger partial charge is 0.330 e. The minimum atomic E-state index is -0.568. The molecule has 174 valence electrons. The summed E-state index contributed by atoms with van der Waals surface area (Å²) >= 11 is 0. The Morgan fingerprint density at radius 3 is 2.59 bits per heavy atom. The van der Waals surface area contributed by atoms with E-state index in [1.165, 1.54) is 4.57 Å². The molecule has 0 radical (unpaired) electrons. The molecule has 0 bridgehead atoms. The van der Waals surface area contributed by atoms with Gasteiger partial charge in [0.15, 0.2) is 0 Å². The van der Waals surface area contributed by atoms with E-state index in [2.05, 4.69) is 4.98 Å². The molecule has 1 saturated heterocycles. The summed E-state index contributed by atoms with van der Waals surface area (Å²) < 4.78 is 11.8. The maximum absolute atomic E-state index is 12.8. The van der Waals surface area contributed by atoms with Crippen LogP contribution in [0.25, 0.3) is 0 Å². The van der Waals surface area contributed by atoms with Gasteiger partial charge in [-0.15, -0.1) is 0 Å². The van der Waals surface area contributed by atoms with Crippen LogP contribution >= 0.6 is 0 Å². The molecule has 1 aromatic carbocycles. The molecular weight excluding hydrogens is 414 g/mol. The van der Waals surface area contributed by atoms with Gasteiger partial charge in [0.2, 0.25) is 5.91 Å². The normalized spacial score (nSPS) is 13.8. The van der Waals surface area contributed by atoms with Gasteiger partial charge in [0.1, 0.15) is 11.5 Å². The number of hydrogen-bond donors (Lipinski definition) is 2. The van der Waals surface area contributed by atoms with Crippen LogP contribution in [0, 0.1) is 0 Å².